The van der Waals surface area contributed by atoms with Crippen molar-refractivity contribution in [2.45, 2.75) is 27.2 Å². The summed E-state index contributed by atoms with van der Waals surface area (Å²) in [5, 5.41) is 3.86. The van der Waals surface area contributed by atoms with Crippen LogP contribution in [0.15, 0.2) is 24.3 Å². The van der Waals surface area contributed by atoms with Gasteiger partial charge in [-0.25, -0.2) is 0 Å². The van der Waals surface area contributed by atoms with Gasteiger partial charge in [0.1, 0.15) is 0 Å². The number of nitrogens with one attached hydrogen (secondary N) is 1. The second-order valence-corrected chi connectivity index (χ2v) is 5.14. The molecule has 1 heterocycles. The molecule has 1 aromatic heterocycles. The standard InChI is InChI=1S/C17H22N2O2/c1-4-21-9-5-8-18-17(20)15-11-13(3)19-16-7-6-12(2)10-14(15)16/h6-7,10-11H,4-5,8-9H2,1-3H3,(H,18,20). The fraction of sp³-hybridized carbons (Fsp3) is 0.412. The van der Waals surface area contributed by atoms with E-state index in [4.69, 9.17) is 4.74 Å². The molecule has 0 radical (unpaired) electrons. The molecule has 0 saturated carbocycles. The highest BCUT2D eigenvalue weighted by Gasteiger charge is 2.11. The Morgan fingerprint density at radius 3 is 2.86 bits per heavy atom. The van der Waals surface area contributed by atoms with Gasteiger partial charge in [-0.1, -0.05) is 11.6 Å². The fourth-order valence-electron chi connectivity index (χ4n) is 2.28. The van der Waals surface area contributed by atoms with Crippen molar-refractivity contribution >= 4 is 16.8 Å². The molecule has 1 N–H and O–H groups in total. The van der Waals surface area contributed by atoms with Crippen LogP contribution in [-0.2, 0) is 4.74 Å². The molecule has 21 heavy (non-hydrogen) atoms. The van der Waals surface area contributed by atoms with Crippen LogP contribution in [0.5, 0.6) is 0 Å². The lowest BCUT2D eigenvalue weighted by Gasteiger charge is -2.10. The molecule has 0 aliphatic carbocycles. The van der Waals surface area contributed by atoms with Crippen LogP contribution in [0.1, 0.15) is 35.0 Å². The van der Waals surface area contributed by atoms with Crippen molar-refractivity contribution in [1.29, 1.82) is 0 Å². The zero-order valence-corrected chi connectivity index (χ0v) is 12.9. The van der Waals surface area contributed by atoms with E-state index in [1.54, 1.807) is 0 Å². The van der Waals surface area contributed by atoms with Gasteiger partial charge in [0, 0.05) is 30.8 Å². The Balaban J connectivity index is 2.16. The number of carbonyl (C=O) groups is 1. The second-order valence-electron chi connectivity index (χ2n) is 5.14. The summed E-state index contributed by atoms with van der Waals surface area (Å²) in [5.74, 6) is -0.0485. The summed E-state index contributed by atoms with van der Waals surface area (Å²) >= 11 is 0. The van der Waals surface area contributed by atoms with Gasteiger partial charge in [0.25, 0.3) is 5.91 Å². The second kappa shape index (κ2) is 7.18. The van der Waals surface area contributed by atoms with Gasteiger partial charge in [0.05, 0.1) is 11.1 Å². The van der Waals surface area contributed by atoms with Gasteiger partial charge >= 0.3 is 0 Å². The van der Waals surface area contributed by atoms with E-state index in [0.717, 1.165) is 28.6 Å². The normalized spacial score (nSPS) is 10.8. The van der Waals surface area contributed by atoms with Crippen LogP contribution in [0.4, 0.5) is 0 Å². The molecule has 0 fully saturated rings. The number of fused-ring (bicyclic) bond motifs is 1. The lowest BCUT2D eigenvalue weighted by molar-refractivity contribution is 0.0945. The third-order valence-electron chi connectivity index (χ3n) is 3.29. The van der Waals surface area contributed by atoms with E-state index in [0.29, 0.717) is 25.3 Å². The summed E-state index contributed by atoms with van der Waals surface area (Å²) in [6, 6.07) is 7.83. The van der Waals surface area contributed by atoms with Crippen LogP contribution in [0.25, 0.3) is 10.9 Å². The first-order valence-electron chi connectivity index (χ1n) is 7.35. The van der Waals surface area contributed by atoms with Crippen LogP contribution in [0.2, 0.25) is 0 Å². The molecule has 0 bridgehead atoms. The number of carbonyl (C=O) groups excluding carboxylic acids is 1. The molecule has 2 aromatic rings. The number of amides is 1. The molecule has 0 unspecified atom stereocenters. The molecule has 1 aromatic carbocycles. The summed E-state index contributed by atoms with van der Waals surface area (Å²) < 4.78 is 5.26. The van der Waals surface area contributed by atoms with Crippen LogP contribution >= 0.6 is 0 Å². The number of aromatic nitrogens is 1. The first kappa shape index (κ1) is 15.4. The van der Waals surface area contributed by atoms with Crippen molar-refractivity contribution in [3.05, 3.63) is 41.1 Å². The molecule has 0 aliphatic rings. The summed E-state index contributed by atoms with van der Waals surface area (Å²) in [6.45, 7) is 7.89. The minimum atomic E-state index is -0.0485. The molecule has 0 aliphatic heterocycles. The van der Waals surface area contributed by atoms with E-state index >= 15 is 0 Å². The Hall–Kier alpha value is -1.94. The molecule has 2 rings (SSSR count). The van der Waals surface area contributed by atoms with Crippen molar-refractivity contribution < 1.29 is 9.53 Å². The van der Waals surface area contributed by atoms with Gasteiger partial charge in [0.2, 0.25) is 0 Å². The van der Waals surface area contributed by atoms with Gasteiger partial charge in [-0.05, 0) is 45.4 Å². The number of benzene rings is 1. The summed E-state index contributed by atoms with van der Waals surface area (Å²) in [7, 11) is 0. The van der Waals surface area contributed by atoms with E-state index in [1.165, 1.54) is 0 Å². The summed E-state index contributed by atoms with van der Waals surface area (Å²) in [6.07, 6.45) is 0.820. The minimum absolute atomic E-state index is 0.0485. The largest absolute Gasteiger partial charge is 0.382 e. The van der Waals surface area contributed by atoms with Crippen LogP contribution in [0, 0.1) is 13.8 Å². The maximum Gasteiger partial charge on any atom is 0.252 e. The average Bonchev–Trinajstić information content (AvgIpc) is 2.46. The Bertz CT molecular complexity index is 638. The molecule has 112 valence electrons. The fourth-order valence-corrected chi connectivity index (χ4v) is 2.28. The lowest BCUT2D eigenvalue weighted by Crippen LogP contribution is -2.25. The van der Waals surface area contributed by atoms with Gasteiger partial charge in [-0.15, -0.1) is 0 Å². The highest BCUT2D eigenvalue weighted by Crippen LogP contribution is 2.20. The van der Waals surface area contributed by atoms with Gasteiger partial charge in [-0.3, -0.25) is 9.78 Å². The Morgan fingerprint density at radius 1 is 1.29 bits per heavy atom. The number of ether oxygens (including phenoxy) is 1. The maximum absolute atomic E-state index is 12.4. The smallest absolute Gasteiger partial charge is 0.252 e. The highest BCUT2D eigenvalue weighted by molar-refractivity contribution is 6.06. The number of nitrogens with zero attached hydrogens (tertiary/aromatic N) is 1. The average molecular weight is 286 g/mol. The number of hydrogen-bond donors (Lipinski definition) is 1. The molecule has 0 spiro atoms. The molecule has 4 heteroatoms. The number of pyridine rings is 1. The Kier molecular flexibility index (Phi) is 5.28. The molecular formula is C17H22N2O2. The van der Waals surface area contributed by atoms with E-state index < -0.39 is 0 Å². The van der Waals surface area contributed by atoms with Gasteiger partial charge in [0.15, 0.2) is 0 Å². The third kappa shape index (κ3) is 4.02. The summed E-state index contributed by atoms with van der Waals surface area (Å²) in [4.78, 5) is 16.9. The van der Waals surface area contributed by atoms with Crippen molar-refractivity contribution in [1.82, 2.24) is 10.3 Å². The topological polar surface area (TPSA) is 51.2 Å². The van der Waals surface area contributed by atoms with Gasteiger partial charge < -0.3 is 10.1 Å². The van der Waals surface area contributed by atoms with E-state index in [2.05, 4.69) is 10.3 Å². The zero-order chi connectivity index (χ0) is 15.2. The van der Waals surface area contributed by atoms with Gasteiger partial charge in [-0.2, -0.15) is 0 Å². The van der Waals surface area contributed by atoms with Crippen molar-refractivity contribution in [2.24, 2.45) is 0 Å². The zero-order valence-electron chi connectivity index (χ0n) is 12.9. The predicted molar refractivity (Wildman–Crippen MR) is 84.7 cm³/mol. The molecular weight excluding hydrogens is 264 g/mol. The highest BCUT2D eigenvalue weighted by atomic mass is 16.5. The monoisotopic (exact) mass is 286 g/mol. The minimum Gasteiger partial charge on any atom is -0.382 e. The Labute approximate surface area is 125 Å². The predicted octanol–water partition coefficient (Wildman–Crippen LogP) is 3.01. The first-order chi connectivity index (χ1) is 10.1. The van der Waals surface area contributed by atoms with Crippen LogP contribution in [-0.4, -0.2) is 30.6 Å². The lowest BCUT2D eigenvalue weighted by atomic mass is 10.0. The van der Waals surface area contributed by atoms with Crippen molar-refractivity contribution in [2.75, 3.05) is 19.8 Å². The third-order valence-corrected chi connectivity index (χ3v) is 3.29. The molecule has 4 nitrogen and oxygen atoms in total. The Morgan fingerprint density at radius 2 is 2.10 bits per heavy atom. The number of rotatable bonds is 6. The van der Waals surface area contributed by atoms with E-state index in [9.17, 15) is 4.79 Å². The SMILES string of the molecule is CCOCCCNC(=O)c1cc(C)nc2ccc(C)cc12. The molecule has 0 atom stereocenters. The van der Waals surface area contributed by atoms with Crippen molar-refractivity contribution in [3.63, 3.8) is 0 Å². The first-order valence-corrected chi connectivity index (χ1v) is 7.35. The quantitative estimate of drug-likeness (QED) is 0.830. The number of hydrogen-bond acceptors (Lipinski definition) is 3. The van der Waals surface area contributed by atoms with Crippen LogP contribution < -0.4 is 5.32 Å². The van der Waals surface area contributed by atoms with E-state index in [-0.39, 0.29) is 5.91 Å². The summed E-state index contributed by atoms with van der Waals surface area (Å²) in [5.41, 5.74) is 3.53. The van der Waals surface area contributed by atoms with Crippen LogP contribution in [0.3, 0.4) is 0 Å². The molecule has 1 amide bonds. The maximum atomic E-state index is 12.4. The van der Waals surface area contributed by atoms with Crippen molar-refractivity contribution in [3.8, 4) is 0 Å². The number of aryl methyl sites for hydroxylation is 2. The van der Waals surface area contributed by atoms with E-state index in [1.807, 2.05) is 45.0 Å². The molecule has 0 saturated heterocycles.